The van der Waals surface area contributed by atoms with Crippen LogP contribution >= 0.6 is 11.8 Å². The third-order valence-corrected chi connectivity index (χ3v) is 6.46. The molecule has 0 unspecified atom stereocenters. The Morgan fingerprint density at radius 3 is 2.50 bits per heavy atom. The number of anilines is 1. The molecule has 0 saturated heterocycles. The SMILES string of the molecule is C[C@H]1Cc2ccccc2N1C(=O)CSc1nnc(-c2ccccc2)n1-c1ccc(F)cc1. The van der Waals surface area contributed by atoms with Crippen LogP contribution in [0.25, 0.3) is 17.1 Å². The number of nitrogens with zero attached hydrogens (tertiary/aromatic N) is 4. The van der Waals surface area contributed by atoms with Crippen LogP contribution in [0, 0.1) is 5.82 Å². The molecule has 0 radical (unpaired) electrons. The van der Waals surface area contributed by atoms with Crippen LogP contribution in [-0.4, -0.2) is 32.5 Å². The summed E-state index contributed by atoms with van der Waals surface area (Å²) in [4.78, 5) is 15.0. The predicted octanol–water partition coefficient (Wildman–Crippen LogP) is 5.14. The number of rotatable bonds is 5. The first kappa shape index (κ1) is 20.5. The average molecular weight is 445 g/mol. The highest BCUT2D eigenvalue weighted by molar-refractivity contribution is 7.99. The molecule has 7 heteroatoms. The molecular formula is C25H21FN4OS. The summed E-state index contributed by atoms with van der Waals surface area (Å²) in [5.41, 5.74) is 3.81. The van der Waals surface area contributed by atoms with Crippen molar-refractivity contribution in [3.05, 3.63) is 90.2 Å². The maximum atomic E-state index is 13.5. The van der Waals surface area contributed by atoms with E-state index in [0.29, 0.717) is 11.0 Å². The number of fused-ring (bicyclic) bond motifs is 1. The van der Waals surface area contributed by atoms with Gasteiger partial charge in [-0.1, -0.05) is 60.3 Å². The van der Waals surface area contributed by atoms with Gasteiger partial charge in [0.25, 0.3) is 0 Å². The van der Waals surface area contributed by atoms with Crippen LogP contribution in [0.15, 0.2) is 84.0 Å². The van der Waals surface area contributed by atoms with Gasteiger partial charge in [-0.2, -0.15) is 0 Å². The lowest BCUT2D eigenvalue weighted by Gasteiger charge is -2.22. The Bertz CT molecular complexity index is 1260. The number of carbonyl (C=O) groups is 1. The van der Waals surface area contributed by atoms with Crippen LogP contribution in [0.1, 0.15) is 12.5 Å². The van der Waals surface area contributed by atoms with Gasteiger partial charge >= 0.3 is 0 Å². The molecule has 1 aromatic heterocycles. The summed E-state index contributed by atoms with van der Waals surface area (Å²) in [6.45, 7) is 2.07. The summed E-state index contributed by atoms with van der Waals surface area (Å²) in [6.07, 6.45) is 0.858. The van der Waals surface area contributed by atoms with Gasteiger partial charge in [0, 0.05) is 23.0 Å². The molecule has 3 aromatic carbocycles. The molecular weight excluding hydrogens is 423 g/mol. The lowest BCUT2D eigenvalue weighted by atomic mass is 10.1. The first-order valence-electron chi connectivity index (χ1n) is 10.4. The summed E-state index contributed by atoms with van der Waals surface area (Å²) >= 11 is 1.34. The van der Waals surface area contributed by atoms with Gasteiger partial charge in [-0.15, -0.1) is 10.2 Å². The number of amides is 1. The van der Waals surface area contributed by atoms with Crippen LogP contribution in [0.2, 0.25) is 0 Å². The topological polar surface area (TPSA) is 51.0 Å². The minimum Gasteiger partial charge on any atom is -0.308 e. The molecule has 0 aliphatic carbocycles. The fraction of sp³-hybridized carbons (Fsp3) is 0.160. The lowest BCUT2D eigenvalue weighted by Crippen LogP contribution is -2.37. The molecule has 2 heterocycles. The van der Waals surface area contributed by atoms with Gasteiger partial charge in [-0.05, 0) is 49.2 Å². The van der Waals surface area contributed by atoms with Gasteiger partial charge in [0.05, 0.1) is 5.75 Å². The summed E-state index contributed by atoms with van der Waals surface area (Å²) in [6, 6.07) is 24.1. The predicted molar refractivity (Wildman–Crippen MR) is 125 cm³/mol. The third kappa shape index (κ3) is 3.80. The van der Waals surface area contributed by atoms with Crippen molar-refractivity contribution in [1.82, 2.24) is 14.8 Å². The second-order valence-corrected chi connectivity index (χ2v) is 8.66. The number of carbonyl (C=O) groups excluding carboxylic acids is 1. The summed E-state index contributed by atoms with van der Waals surface area (Å²) in [7, 11) is 0. The number of hydrogen-bond acceptors (Lipinski definition) is 4. The zero-order valence-electron chi connectivity index (χ0n) is 17.5. The number of hydrogen-bond donors (Lipinski definition) is 0. The van der Waals surface area contributed by atoms with E-state index in [0.717, 1.165) is 23.4 Å². The Morgan fingerprint density at radius 2 is 1.72 bits per heavy atom. The van der Waals surface area contributed by atoms with Crippen LogP contribution in [0.3, 0.4) is 0 Å². The zero-order valence-corrected chi connectivity index (χ0v) is 18.3. The number of halogens is 1. The maximum absolute atomic E-state index is 13.5. The van der Waals surface area contributed by atoms with Crippen molar-refractivity contribution >= 4 is 23.4 Å². The molecule has 0 fully saturated rings. The minimum absolute atomic E-state index is 0.0300. The normalized spacial score (nSPS) is 15.1. The quantitative estimate of drug-likeness (QED) is 0.400. The van der Waals surface area contributed by atoms with Crippen molar-refractivity contribution in [2.45, 2.75) is 24.5 Å². The molecule has 0 spiro atoms. The first-order valence-corrected chi connectivity index (χ1v) is 11.4. The largest absolute Gasteiger partial charge is 0.308 e. The number of para-hydroxylation sites is 1. The molecule has 0 bridgehead atoms. The van der Waals surface area contributed by atoms with Gasteiger partial charge in [-0.3, -0.25) is 9.36 Å². The van der Waals surface area contributed by atoms with Crippen LogP contribution in [-0.2, 0) is 11.2 Å². The van der Waals surface area contributed by atoms with Crippen LogP contribution < -0.4 is 4.90 Å². The smallest absolute Gasteiger partial charge is 0.237 e. The second-order valence-electron chi connectivity index (χ2n) is 7.72. The van der Waals surface area contributed by atoms with E-state index in [2.05, 4.69) is 23.2 Å². The molecule has 5 rings (SSSR count). The van der Waals surface area contributed by atoms with E-state index in [1.54, 1.807) is 12.1 Å². The molecule has 160 valence electrons. The van der Waals surface area contributed by atoms with Crippen molar-refractivity contribution in [2.24, 2.45) is 0 Å². The van der Waals surface area contributed by atoms with E-state index in [-0.39, 0.29) is 23.5 Å². The third-order valence-electron chi connectivity index (χ3n) is 5.55. The number of aromatic nitrogens is 3. The fourth-order valence-electron chi connectivity index (χ4n) is 4.10. The van der Waals surface area contributed by atoms with Gasteiger partial charge in [0.1, 0.15) is 5.82 Å². The molecule has 4 aromatic rings. The standard InChI is InChI=1S/C25H21FN4OS/c1-17-15-19-9-5-6-10-22(19)29(17)23(31)16-32-25-28-27-24(18-7-3-2-4-8-18)30(25)21-13-11-20(26)12-14-21/h2-14,17H,15-16H2,1H3/t17-/m0/s1. The first-order chi connectivity index (χ1) is 15.6. The number of benzene rings is 3. The Morgan fingerprint density at radius 1 is 1.00 bits per heavy atom. The van der Waals surface area contributed by atoms with Crippen molar-refractivity contribution < 1.29 is 9.18 Å². The molecule has 5 nitrogen and oxygen atoms in total. The van der Waals surface area contributed by atoms with Crippen molar-refractivity contribution in [1.29, 1.82) is 0 Å². The molecule has 0 saturated carbocycles. The van der Waals surface area contributed by atoms with E-state index in [1.165, 1.54) is 29.5 Å². The van der Waals surface area contributed by atoms with E-state index >= 15 is 0 Å². The van der Waals surface area contributed by atoms with Crippen LogP contribution in [0.4, 0.5) is 10.1 Å². The van der Waals surface area contributed by atoms with Gasteiger partial charge in [0.15, 0.2) is 11.0 Å². The maximum Gasteiger partial charge on any atom is 0.237 e. The summed E-state index contributed by atoms with van der Waals surface area (Å²) in [5.74, 6) is 0.593. The number of thioether (sulfide) groups is 1. The van der Waals surface area contributed by atoms with Crippen molar-refractivity contribution in [2.75, 3.05) is 10.7 Å². The van der Waals surface area contributed by atoms with E-state index in [9.17, 15) is 9.18 Å². The molecule has 1 atom stereocenters. The molecule has 1 amide bonds. The molecule has 1 aliphatic heterocycles. The lowest BCUT2D eigenvalue weighted by molar-refractivity contribution is -0.116. The van der Waals surface area contributed by atoms with E-state index < -0.39 is 0 Å². The summed E-state index contributed by atoms with van der Waals surface area (Å²) in [5, 5.41) is 9.34. The van der Waals surface area contributed by atoms with E-state index in [1.807, 2.05) is 58.0 Å². The van der Waals surface area contributed by atoms with Gasteiger partial charge < -0.3 is 4.90 Å². The average Bonchev–Trinajstić information content (AvgIpc) is 3.39. The summed E-state index contributed by atoms with van der Waals surface area (Å²) < 4.78 is 15.4. The monoisotopic (exact) mass is 444 g/mol. The molecule has 1 aliphatic rings. The Labute approximate surface area is 189 Å². The zero-order chi connectivity index (χ0) is 22.1. The highest BCUT2D eigenvalue weighted by Crippen LogP contribution is 2.33. The highest BCUT2D eigenvalue weighted by Gasteiger charge is 2.30. The Kier molecular flexibility index (Phi) is 5.49. The van der Waals surface area contributed by atoms with Crippen LogP contribution in [0.5, 0.6) is 0 Å². The van der Waals surface area contributed by atoms with Gasteiger partial charge in [-0.25, -0.2) is 4.39 Å². The van der Waals surface area contributed by atoms with Gasteiger partial charge in [0.2, 0.25) is 5.91 Å². The molecule has 32 heavy (non-hydrogen) atoms. The van der Waals surface area contributed by atoms with Crippen molar-refractivity contribution in [3.8, 4) is 17.1 Å². The fourth-order valence-corrected chi connectivity index (χ4v) is 4.91. The Balaban J connectivity index is 1.45. The molecule has 0 N–H and O–H groups in total. The minimum atomic E-state index is -0.311. The second kappa shape index (κ2) is 8.59. The van der Waals surface area contributed by atoms with Crippen molar-refractivity contribution in [3.63, 3.8) is 0 Å². The highest BCUT2D eigenvalue weighted by atomic mass is 32.2. The Hall–Kier alpha value is -3.45. The van der Waals surface area contributed by atoms with E-state index in [4.69, 9.17) is 0 Å².